The lowest BCUT2D eigenvalue weighted by Crippen LogP contribution is -2.33. The van der Waals surface area contributed by atoms with E-state index in [0.717, 1.165) is 24.1 Å². The maximum absolute atomic E-state index is 9.43. The van der Waals surface area contributed by atoms with E-state index in [2.05, 4.69) is 15.9 Å². The first kappa shape index (κ1) is 12.2. The van der Waals surface area contributed by atoms with Crippen LogP contribution in [0, 0.1) is 11.3 Å². The van der Waals surface area contributed by atoms with Crippen molar-refractivity contribution >= 4 is 26.9 Å². The van der Waals surface area contributed by atoms with Gasteiger partial charge in [0.2, 0.25) is 0 Å². The molecule has 2 radical (unpaired) electrons. The molecule has 5 heteroatoms. The van der Waals surface area contributed by atoms with E-state index in [1.807, 2.05) is 11.0 Å². The molecule has 86 valence electrons. The zero-order chi connectivity index (χ0) is 12.4. The topological polar surface area (TPSA) is 47.3 Å². The van der Waals surface area contributed by atoms with Gasteiger partial charge in [0, 0.05) is 13.1 Å². The van der Waals surface area contributed by atoms with E-state index in [1.54, 1.807) is 6.07 Å². The Labute approximate surface area is 108 Å². The average molecular weight is 263 g/mol. The maximum Gasteiger partial charge on any atom is 0.150 e. The number of aliphatic hydroxyl groups is 1. The standard InChI is InChI=1S/C12H11ClN2OSi/c13-11-2-1-8-3-5-15(12(16)17)6-4-9(8)10(11)7-14/h1-2,16H,3-6H2. The van der Waals surface area contributed by atoms with Crippen LogP contribution >= 0.6 is 11.6 Å². The average Bonchev–Trinajstić information content (AvgIpc) is 2.51. The highest BCUT2D eigenvalue weighted by Crippen LogP contribution is 2.25. The highest BCUT2D eigenvalue weighted by atomic mass is 35.5. The molecule has 0 aliphatic carbocycles. The van der Waals surface area contributed by atoms with Crippen LogP contribution in [0.2, 0.25) is 5.02 Å². The second-order valence-electron chi connectivity index (χ2n) is 3.98. The molecule has 0 fully saturated rings. The maximum atomic E-state index is 9.43. The molecule has 1 heterocycles. The molecule has 0 saturated carbocycles. The van der Waals surface area contributed by atoms with Gasteiger partial charge in [0.25, 0.3) is 0 Å². The van der Waals surface area contributed by atoms with Crippen molar-refractivity contribution in [2.24, 2.45) is 0 Å². The van der Waals surface area contributed by atoms with Gasteiger partial charge in [-0.05, 0) is 30.0 Å². The fourth-order valence-electron chi connectivity index (χ4n) is 2.13. The summed E-state index contributed by atoms with van der Waals surface area (Å²) in [5.74, 6) is 0. The monoisotopic (exact) mass is 262 g/mol. The van der Waals surface area contributed by atoms with Crippen LogP contribution in [0.25, 0.3) is 0 Å². The molecule has 2 rings (SSSR count). The Morgan fingerprint density at radius 1 is 1.41 bits per heavy atom. The van der Waals surface area contributed by atoms with Gasteiger partial charge in [0.1, 0.15) is 15.9 Å². The van der Waals surface area contributed by atoms with Gasteiger partial charge in [-0.15, -0.1) is 0 Å². The van der Waals surface area contributed by atoms with Gasteiger partial charge < -0.3 is 10.0 Å². The molecule has 1 aliphatic rings. The molecule has 1 aromatic rings. The SMILES string of the molecule is N#Cc1c(Cl)ccc2c1CCN(C(O)=[Si])CC2. The van der Waals surface area contributed by atoms with Crippen molar-refractivity contribution < 1.29 is 5.11 Å². The van der Waals surface area contributed by atoms with Crippen LogP contribution < -0.4 is 0 Å². The lowest BCUT2D eigenvalue weighted by molar-refractivity contribution is 0.355. The lowest BCUT2D eigenvalue weighted by Gasteiger charge is -2.20. The molecule has 0 spiro atoms. The number of halogens is 1. The first-order chi connectivity index (χ1) is 8.13. The van der Waals surface area contributed by atoms with Crippen molar-refractivity contribution in [1.29, 1.82) is 5.26 Å². The molecule has 17 heavy (non-hydrogen) atoms. The summed E-state index contributed by atoms with van der Waals surface area (Å²) in [5, 5.41) is 19.1. The third kappa shape index (κ3) is 2.35. The number of hydrogen-bond acceptors (Lipinski definition) is 3. The fourth-order valence-corrected chi connectivity index (χ4v) is 2.57. The summed E-state index contributed by atoms with van der Waals surface area (Å²) in [5.41, 5.74) is 2.86. The Morgan fingerprint density at radius 3 is 2.76 bits per heavy atom. The smallest absolute Gasteiger partial charge is 0.150 e. The van der Waals surface area contributed by atoms with Gasteiger partial charge in [-0.2, -0.15) is 5.26 Å². The lowest BCUT2D eigenvalue weighted by atomic mass is 9.98. The molecular formula is C12H11ClN2OSi. The fraction of sp³-hybridized carbons (Fsp3) is 0.333. The normalized spacial score (nSPS) is 14.7. The number of fused-ring (bicyclic) bond motifs is 1. The minimum atomic E-state index is 0.141. The molecule has 0 unspecified atom stereocenters. The van der Waals surface area contributed by atoms with E-state index >= 15 is 0 Å². The van der Waals surface area contributed by atoms with Crippen molar-refractivity contribution in [2.45, 2.75) is 12.8 Å². The molecule has 0 amide bonds. The van der Waals surface area contributed by atoms with Crippen molar-refractivity contribution in [3.8, 4) is 6.07 Å². The van der Waals surface area contributed by atoms with Crippen LogP contribution in [0.4, 0.5) is 0 Å². The number of rotatable bonds is 1. The van der Waals surface area contributed by atoms with Crippen LogP contribution in [0.1, 0.15) is 16.7 Å². The highest BCUT2D eigenvalue weighted by Gasteiger charge is 2.18. The Kier molecular flexibility index (Phi) is 3.51. The summed E-state index contributed by atoms with van der Waals surface area (Å²) in [6, 6.07) is 5.90. The summed E-state index contributed by atoms with van der Waals surface area (Å²) < 4.78 is 0. The second-order valence-corrected chi connectivity index (χ2v) is 4.84. The van der Waals surface area contributed by atoms with Crippen LogP contribution in [0.3, 0.4) is 0 Å². The quantitative estimate of drug-likeness (QED) is 0.775. The third-order valence-electron chi connectivity index (χ3n) is 3.05. The van der Waals surface area contributed by atoms with Crippen molar-refractivity contribution in [3.63, 3.8) is 0 Å². The molecule has 1 N–H and O–H groups in total. The number of aliphatic hydroxyl groups excluding tert-OH is 1. The summed E-state index contributed by atoms with van der Waals surface area (Å²) in [6.07, 6.45) is 1.52. The summed E-state index contributed by atoms with van der Waals surface area (Å²) in [4.78, 5) is 1.84. The predicted molar refractivity (Wildman–Crippen MR) is 67.8 cm³/mol. The Balaban J connectivity index is 2.38. The second kappa shape index (κ2) is 4.90. The van der Waals surface area contributed by atoms with Crippen LogP contribution in [-0.4, -0.2) is 38.4 Å². The van der Waals surface area contributed by atoms with Crippen LogP contribution in [-0.2, 0) is 12.8 Å². The number of nitriles is 1. The first-order valence-electron chi connectivity index (χ1n) is 5.36. The van der Waals surface area contributed by atoms with E-state index in [4.69, 9.17) is 16.9 Å². The van der Waals surface area contributed by atoms with Gasteiger partial charge in [-0.3, -0.25) is 0 Å². The number of benzene rings is 1. The Morgan fingerprint density at radius 2 is 2.12 bits per heavy atom. The van der Waals surface area contributed by atoms with Crippen molar-refractivity contribution in [1.82, 2.24) is 4.90 Å². The molecule has 0 saturated heterocycles. The number of nitrogens with zero attached hydrogens (tertiary/aromatic N) is 2. The third-order valence-corrected chi connectivity index (χ3v) is 3.68. The van der Waals surface area contributed by atoms with E-state index in [-0.39, 0.29) is 5.48 Å². The minimum absolute atomic E-state index is 0.141. The van der Waals surface area contributed by atoms with Gasteiger partial charge in [-0.25, -0.2) is 0 Å². The predicted octanol–water partition coefficient (Wildman–Crippen LogP) is 1.24. The van der Waals surface area contributed by atoms with Gasteiger partial charge >= 0.3 is 0 Å². The van der Waals surface area contributed by atoms with E-state index < -0.39 is 0 Å². The molecule has 3 nitrogen and oxygen atoms in total. The Hall–Kier alpha value is -1.31. The highest BCUT2D eigenvalue weighted by molar-refractivity contribution is 6.33. The summed E-state index contributed by atoms with van der Waals surface area (Å²) in [6.45, 7) is 1.41. The zero-order valence-electron chi connectivity index (χ0n) is 9.20. The van der Waals surface area contributed by atoms with Crippen LogP contribution in [0.15, 0.2) is 12.1 Å². The van der Waals surface area contributed by atoms with Crippen molar-refractivity contribution in [2.75, 3.05) is 13.1 Å². The van der Waals surface area contributed by atoms with E-state index in [0.29, 0.717) is 23.6 Å². The summed E-state index contributed by atoms with van der Waals surface area (Å²) in [7, 11) is 3.12. The van der Waals surface area contributed by atoms with Gasteiger partial charge in [-0.1, -0.05) is 17.7 Å². The molecule has 0 aromatic heterocycles. The van der Waals surface area contributed by atoms with Gasteiger partial charge in [0.15, 0.2) is 5.48 Å². The Bertz CT molecular complexity index is 510. The van der Waals surface area contributed by atoms with E-state index in [9.17, 15) is 5.11 Å². The molecule has 1 aliphatic heterocycles. The molecule has 0 bridgehead atoms. The molecular weight excluding hydrogens is 252 g/mol. The zero-order valence-corrected chi connectivity index (χ0v) is 11.0. The molecule has 1 aromatic carbocycles. The molecule has 0 atom stereocenters. The van der Waals surface area contributed by atoms with E-state index in [1.165, 1.54) is 0 Å². The number of hydrogen-bond donors (Lipinski definition) is 1. The van der Waals surface area contributed by atoms with Crippen LogP contribution in [0.5, 0.6) is 0 Å². The summed E-state index contributed by atoms with van der Waals surface area (Å²) >= 11 is 6.01. The minimum Gasteiger partial charge on any atom is -0.499 e. The largest absolute Gasteiger partial charge is 0.499 e. The first-order valence-corrected chi connectivity index (χ1v) is 6.24. The van der Waals surface area contributed by atoms with Crippen molar-refractivity contribution in [3.05, 3.63) is 33.8 Å². The van der Waals surface area contributed by atoms with Gasteiger partial charge in [0.05, 0.1) is 10.6 Å².